The highest BCUT2D eigenvalue weighted by Crippen LogP contribution is 2.26. The number of nitriles is 1. The van der Waals surface area contributed by atoms with Crippen molar-refractivity contribution in [1.29, 1.82) is 5.26 Å². The summed E-state index contributed by atoms with van der Waals surface area (Å²) in [6, 6.07) is 4.25. The molecule has 0 aliphatic carbocycles. The zero-order chi connectivity index (χ0) is 14.6. The summed E-state index contributed by atoms with van der Waals surface area (Å²) in [4.78, 5) is 25.8. The number of esters is 1. The monoisotopic (exact) mass is 263 g/mol. The maximum atomic E-state index is 11.9. The van der Waals surface area contributed by atoms with E-state index in [-0.39, 0.29) is 11.4 Å². The summed E-state index contributed by atoms with van der Waals surface area (Å²) in [6.07, 6.45) is 1.29. The van der Waals surface area contributed by atoms with E-state index in [0.717, 1.165) is 0 Å². The van der Waals surface area contributed by atoms with Gasteiger partial charge in [0.2, 0.25) is 0 Å². The first-order valence-corrected chi connectivity index (χ1v) is 5.48. The number of nitrogens with zero attached hydrogens (tertiary/aromatic N) is 3. The van der Waals surface area contributed by atoms with Crippen molar-refractivity contribution < 1.29 is 14.5 Å². The van der Waals surface area contributed by atoms with E-state index in [4.69, 9.17) is 10.00 Å². The number of carbonyl (C=O) groups is 1. The first kappa shape index (κ1) is 14.6. The van der Waals surface area contributed by atoms with Gasteiger partial charge in [0.1, 0.15) is 11.3 Å². The lowest BCUT2D eigenvalue weighted by molar-refractivity contribution is -0.386. The lowest BCUT2D eigenvalue weighted by Gasteiger charge is -2.21. The Balaban J connectivity index is 3.15. The van der Waals surface area contributed by atoms with Gasteiger partial charge in [0.05, 0.1) is 11.0 Å². The second kappa shape index (κ2) is 5.44. The van der Waals surface area contributed by atoms with Crippen LogP contribution in [0.1, 0.15) is 32.4 Å². The number of hydrogen-bond acceptors (Lipinski definition) is 6. The lowest BCUT2D eigenvalue weighted by atomic mass is 10.0. The van der Waals surface area contributed by atoms with Gasteiger partial charge in [-0.15, -0.1) is 0 Å². The molecular formula is C12H13N3O4. The van der Waals surface area contributed by atoms with Crippen molar-refractivity contribution in [2.24, 2.45) is 0 Å². The zero-order valence-electron chi connectivity index (χ0n) is 10.8. The van der Waals surface area contributed by atoms with Crippen LogP contribution in [0.5, 0.6) is 0 Å². The van der Waals surface area contributed by atoms with E-state index in [9.17, 15) is 14.9 Å². The molecule has 0 saturated heterocycles. The van der Waals surface area contributed by atoms with Gasteiger partial charge < -0.3 is 4.74 Å². The van der Waals surface area contributed by atoms with Gasteiger partial charge in [0, 0.05) is 12.3 Å². The number of nitro groups is 1. The van der Waals surface area contributed by atoms with Crippen molar-refractivity contribution in [2.75, 3.05) is 0 Å². The molecule has 0 N–H and O–H groups in total. The van der Waals surface area contributed by atoms with E-state index < -0.39 is 22.4 Å². The average Bonchev–Trinajstić information content (AvgIpc) is 2.28. The Labute approximate surface area is 110 Å². The molecule has 0 aliphatic heterocycles. The number of carbonyl (C=O) groups excluding carboxylic acids is 1. The number of aromatic nitrogens is 1. The van der Waals surface area contributed by atoms with E-state index in [2.05, 4.69) is 4.98 Å². The lowest BCUT2D eigenvalue weighted by Crippen LogP contribution is -2.28. The van der Waals surface area contributed by atoms with Crippen LogP contribution in [0.2, 0.25) is 0 Å². The van der Waals surface area contributed by atoms with Crippen LogP contribution in [0.25, 0.3) is 0 Å². The molecule has 0 radical (unpaired) electrons. The molecule has 1 atom stereocenters. The standard InChI is InChI=1S/C12H13N3O4/c1-12(2,3)19-11(16)8(7-13)10-9(15(17)18)5-4-6-14-10/h4-6,8H,1-3H3. The third kappa shape index (κ3) is 3.74. The molecule has 1 rings (SSSR count). The van der Waals surface area contributed by atoms with Gasteiger partial charge in [0.15, 0.2) is 5.92 Å². The van der Waals surface area contributed by atoms with Crippen LogP contribution in [0.4, 0.5) is 5.69 Å². The third-order valence-electron chi connectivity index (χ3n) is 2.06. The molecule has 0 fully saturated rings. The van der Waals surface area contributed by atoms with Crippen LogP contribution >= 0.6 is 0 Å². The molecule has 0 aliphatic rings. The summed E-state index contributed by atoms with van der Waals surface area (Å²) in [5, 5.41) is 19.9. The second-order valence-corrected chi connectivity index (χ2v) is 4.76. The molecule has 1 aromatic heterocycles. The SMILES string of the molecule is CC(C)(C)OC(=O)C(C#N)c1ncccc1[N+](=O)[O-]. The van der Waals surface area contributed by atoms with Gasteiger partial charge in [-0.25, -0.2) is 0 Å². The Kier molecular flexibility index (Phi) is 4.17. The molecule has 19 heavy (non-hydrogen) atoms. The van der Waals surface area contributed by atoms with Gasteiger partial charge in [-0.2, -0.15) is 5.26 Å². The summed E-state index contributed by atoms with van der Waals surface area (Å²) in [5.41, 5.74) is -1.36. The fraction of sp³-hybridized carbons (Fsp3) is 0.417. The van der Waals surface area contributed by atoms with Crippen molar-refractivity contribution in [3.05, 3.63) is 34.1 Å². The Morgan fingerprint density at radius 3 is 2.68 bits per heavy atom. The van der Waals surface area contributed by atoms with Crippen molar-refractivity contribution in [2.45, 2.75) is 32.3 Å². The molecule has 7 nitrogen and oxygen atoms in total. The molecular weight excluding hydrogens is 250 g/mol. The number of hydrogen-bond donors (Lipinski definition) is 0. The minimum Gasteiger partial charge on any atom is -0.459 e. The van der Waals surface area contributed by atoms with Crippen molar-refractivity contribution in [1.82, 2.24) is 4.98 Å². The predicted molar refractivity (Wildman–Crippen MR) is 65.1 cm³/mol. The zero-order valence-corrected chi connectivity index (χ0v) is 10.8. The fourth-order valence-electron chi connectivity index (χ4n) is 1.37. The average molecular weight is 263 g/mol. The molecule has 0 aromatic carbocycles. The summed E-state index contributed by atoms with van der Waals surface area (Å²) >= 11 is 0. The van der Waals surface area contributed by atoms with E-state index >= 15 is 0 Å². The molecule has 1 heterocycles. The van der Waals surface area contributed by atoms with E-state index in [1.165, 1.54) is 18.3 Å². The Morgan fingerprint density at radius 1 is 1.58 bits per heavy atom. The van der Waals surface area contributed by atoms with E-state index in [1.807, 2.05) is 0 Å². The maximum absolute atomic E-state index is 11.9. The topological polar surface area (TPSA) is 106 Å². The van der Waals surface area contributed by atoms with Gasteiger partial charge >= 0.3 is 5.97 Å². The van der Waals surface area contributed by atoms with E-state index in [1.54, 1.807) is 26.8 Å². The molecule has 0 spiro atoms. The molecule has 7 heteroatoms. The molecule has 0 amide bonds. The van der Waals surface area contributed by atoms with Crippen LogP contribution in [0, 0.1) is 21.4 Å². The smallest absolute Gasteiger partial charge is 0.330 e. The highest BCUT2D eigenvalue weighted by Gasteiger charge is 2.32. The van der Waals surface area contributed by atoms with Crippen molar-refractivity contribution >= 4 is 11.7 Å². The van der Waals surface area contributed by atoms with Gasteiger partial charge in [-0.3, -0.25) is 19.9 Å². The van der Waals surface area contributed by atoms with Gasteiger partial charge in [-0.1, -0.05) is 0 Å². The summed E-state index contributed by atoms with van der Waals surface area (Å²) < 4.78 is 5.06. The fourth-order valence-corrected chi connectivity index (χ4v) is 1.37. The van der Waals surface area contributed by atoms with Crippen LogP contribution < -0.4 is 0 Å². The number of rotatable bonds is 3. The van der Waals surface area contributed by atoms with Crippen LogP contribution in [-0.2, 0) is 9.53 Å². The number of ether oxygens (including phenoxy) is 1. The molecule has 0 saturated carbocycles. The number of pyridine rings is 1. The predicted octanol–water partition coefficient (Wildman–Crippen LogP) is 1.94. The van der Waals surface area contributed by atoms with Gasteiger partial charge in [-0.05, 0) is 26.8 Å². The summed E-state index contributed by atoms with van der Waals surface area (Å²) in [5.74, 6) is -2.27. The van der Waals surface area contributed by atoms with Crippen LogP contribution in [0.15, 0.2) is 18.3 Å². The summed E-state index contributed by atoms with van der Waals surface area (Å²) in [7, 11) is 0. The van der Waals surface area contributed by atoms with Crippen molar-refractivity contribution in [3.8, 4) is 6.07 Å². The first-order valence-electron chi connectivity index (χ1n) is 5.48. The van der Waals surface area contributed by atoms with Gasteiger partial charge in [0.25, 0.3) is 5.69 Å². The second-order valence-electron chi connectivity index (χ2n) is 4.76. The van der Waals surface area contributed by atoms with Crippen LogP contribution in [-0.4, -0.2) is 21.5 Å². The van der Waals surface area contributed by atoms with Crippen molar-refractivity contribution in [3.63, 3.8) is 0 Å². The minimum absolute atomic E-state index is 0.204. The normalized spacial score (nSPS) is 12.3. The first-order chi connectivity index (χ1) is 8.76. The Bertz CT molecular complexity index is 543. The van der Waals surface area contributed by atoms with E-state index in [0.29, 0.717) is 0 Å². The molecule has 1 aromatic rings. The van der Waals surface area contributed by atoms with Crippen LogP contribution in [0.3, 0.4) is 0 Å². The third-order valence-corrected chi connectivity index (χ3v) is 2.06. The molecule has 1 unspecified atom stereocenters. The summed E-state index contributed by atoms with van der Waals surface area (Å²) in [6.45, 7) is 4.94. The Morgan fingerprint density at radius 2 is 2.21 bits per heavy atom. The largest absolute Gasteiger partial charge is 0.459 e. The molecule has 0 bridgehead atoms. The quantitative estimate of drug-likeness (QED) is 0.468. The minimum atomic E-state index is -1.42. The Hall–Kier alpha value is -2.49. The molecule has 100 valence electrons. The highest BCUT2D eigenvalue weighted by atomic mass is 16.6. The maximum Gasteiger partial charge on any atom is 0.330 e. The highest BCUT2D eigenvalue weighted by molar-refractivity contribution is 5.82.